The summed E-state index contributed by atoms with van der Waals surface area (Å²) < 4.78 is 38.3. The number of amides is 1. The van der Waals surface area contributed by atoms with E-state index in [0.29, 0.717) is 24.5 Å². The Morgan fingerprint density at radius 3 is 2.65 bits per heavy atom. The van der Waals surface area contributed by atoms with Gasteiger partial charge in [-0.1, -0.05) is 24.3 Å². The largest absolute Gasteiger partial charge is 0.467 e. The first-order valence-electron chi connectivity index (χ1n) is 9.89. The van der Waals surface area contributed by atoms with Crippen molar-refractivity contribution in [2.75, 3.05) is 11.9 Å². The lowest BCUT2D eigenvalue weighted by Gasteiger charge is -2.11. The molecule has 0 radical (unpaired) electrons. The van der Waals surface area contributed by atoms with Crippen LogP contribution in [0.3, 0.4) is 0 Å². The molecule has 0 fully saturated rings. The highest BCUT2D eigenvalue weighted by atomic mass is 32.2. The first kappa shape index (κ1) is 22.7. The minimum atomic E-state index is -3.67. The van der Waals surface area contributed by atoms with E-state index in [9.17, 15) is 13.2 Å². The Labute approximate surface area is 182 Å². The van der Waals surface area contributed by atoms with Gasteiger partial charge in [0.2, 0.25) is 15.9 Å². The molecule has 0 saturated carbocycles. The number of carbonyl (C=O) groups excluding carboxylic acids is 1. The summed E-state index contributed by atoms with van der Waals surface area (Å²) in [7, 11) is -3.67. The average Bonchev–Trinajstić information content (AvgIpc) is 3.23. The quantitative estimate of drug-likeness (QED) is 0.496. The zero-order valence-electron chi connectivity index (χ0n) is 17.6. The highest BCUT2D eigenvalue weighted by Gasteiger charge is 2.17. The molecule has 1 amide bonds. The second kappa shape index (κ2) is 10.4. The molecule has 0 saturated heterocycles. The van der Waals surface area contributed by atoms with Gasteiger partial charge in [0.25, 0.3) is 0 Å². The molecule has 0 aliphatic heterocycles. The average molecular weight is 443 g/mol. The van der Waals surface area contributed by atoms with Gasteiger partial charge in [0, 0.05) is 18.7 Å². The molecule has 164 valence electrons. The summed E-state index contributed by atoms with van der Waals surface area (Å²) in [4.78, 5) is 12.5. The molecule has 1 heterocycles. The van der Waals surface area contributed by atoms with Crippen LogP contribution in [0.5, 0.6) is 0 Å². The number of rotatable bonds is 10. The van der Waals surface area contributed by atoms with Crippen molar-refractivity contribution in [2.24, 2.45) is 0 Å². The summed E-state index contributed by atoms with van der Waals surface area (Å²) in [5, 5.41) is 2.78. The van der Waals surface area contributed by atoms with E-state index in [1.807, 2.05) is 37.3 Å². The lowest BCUT2D eigenvalue weighted by atomic mass is 10.2. The maximum atomic E-state index is 12.5. The van der Waals surface area contributed by atoms with E-state index in [1.54, 1.807) is 37.5 Å². The van der Waals surface area contributed by atoms with Crippen LogP contribution in [0.15, 0.2) is 70.2 Å². The van der Waals surface area contributed by atoms with Gasteiger partial charge in [-0.05, 0) is 60.9 Å². The van der Waals surface area contributed by atoms with Gasteiger partial charge in [-0.2, -0.15) is 0 Å². The SMILES string of the molecule is Cc1ccc(C)c(S(=O)(=O)NCCC(=O)Nc2cccc(COCc3ccco3)c2)c1. The topological polar surface area (TPSA) is 97.6 Å². The summed E-state index contributed by atoms with van der Waals surface area (Å²) in [6.45, 7) is 4.33. The van der Waals surface area contributed by atoms with Crippen molar-refractivity contribution >= 4 is 21.6 Å². The predicted octanol–water partition coefficient (Wildman–Crippen LogP) is 3.92. The molecule has 2 N–H and O–H groups in total. The number of nitrogens with one attached hydrogen (secondary N) is 2. The van der Waals surface area contributed by atoms with Crippen molar-refractivity contribution in [3.63, 3.8) is 0 Å². The van der Waals surface area contributed by atoms with Crippen LogP contribution in [0, 0.1) is 13.8 Å². The molecule has 0 atom stereocenters. The minimum absolute atomic E-state index is 0.00744. The highest BCUT2D eigenvalue weighted by molar-refractivity contribution is 7.89. The van der Waals surface area contributed by atoms with Gasteiger partial charge in [-0.15, -0.1) is 0 Å². The molecule has 8 heteroatoms. The van der Waals surface area contributed by atoms with E-state index in [-0.39, 0.29) is 23.8 Å². The Hall–Kier alpha value is -2.94. The van der Waals surface area contributed by atoms with Crippen LogP contribution in [0.4, 0.5) is 5.69 Å². The van der Waals surface area contributed by atoms with Gasteiger partial charge in [-0.3, -0.25) is 4.79 Å². The number of sulfonamides is 1. The van der Waals surface area contributed by atoms with E-state index in [1.165, 1.54) is 0 Å². The smallest absolute Gasteiger partial charge is 0.240 e. The molecular formula is C23H26N2O5S. The third-order valence-corrected chi connectivity index (χ3v) is 6.18. The van der Waals surface area contributed by atoms with E-state index in [2.05, 4.69) is 10.0 Å². The van der Waals surface area contributed by atoms with Crippen molar-refractivity contribution < 1.29 is 22.4 Å². The van der Waals surface area contributed by atoms with Crippen LogP contribution in [-0.2, 0) is 32.8 Å². The highest BCUT2D eigenvalue weighted by Crippen LogP contribution is 2.17. The number of carbonyl (C=O) groups is 1. The van der Waals surface area contributed by atoms with E-state index < -0.39 is 10.0 Å². The Kier molecular flexibility index (Phi) is 7.62. The Morgan fingerprint density at radius 2 is 1.87 bits per heavy atom. The molecule has 3 aromatic rings. The molecule has 0 spiro atoms. The zero-order valence-corrected chi connectivity index (χ0v) is 18.4. The second-order valence-electron chi connectivity index (χ2n) is 7.24. The number of hydrogen-bond donors (Lipinski definition) is 2. The molecule has 3 rings (SSSR count). The number of ether oxygens (including phenoxy) is 1. The summed E-state index contributed by atoms with van der Waals surface area (Å²) in [5.74, 6) is 0.463. The van der Waals surface area contributed by atoms with Gasteiger partial charge < -0.3 is 14.5 Å². The molecule has 7 nitrogen and oxygen atoms in total. The van der Waals surface area contributed by atoms with Crippen LogP contribution in [0.1, 0.15) is 28.9 Å². The molecule has 0 bridgehead atoms. The molecule has 0 unspecified atom stereocenters. The number of anilines is 1. The van der Waals surface area contributed by atoms with E-state index >= 15 is 0 Å². The molecule has 0 aliphatic carbocycles. The normalized spacial score (nSPS) is 11.4. The van der Waals surface area contributed by atoms with Gasteiger partial charge in [0.1, 0.15) is 12.4 Å². The Morgan fingerprint density at radius 1 is 1.03 bits per heavy atom. The third kappa shape index (κ3) is 6.78. The third-order valence-electron chi connectivity index (χ3n) is 4.58. The van der Waals surface area contributed by atoms with Crippen LogP contribution in [0.25, 0.3) is 0 Å². The van der Waals surface area contributed by atoms with Crippen LogP contribution >= 0.6 is 0 Å². The van der Waals surface area contributed by atoms with Gasteiger partial charge in [-0.25, -0.2) is 13.1 Å². The molecule has 0 aliphatic rings. The molecule has 31 heavy (non-hydrogen) atoms. The number of aryl methyl sites for hydroxylation is 2. The maximum absolute atomic E-state index is 12.5. The summed E-state index contributed by atoms with van der Waals surface area (Å²) in [5.41, 5.74) is 3.05. The van der Waals surface area contributed by atoms with Crippen LogP contribution < -0.4 is 10.0 Å². The Balaban J connectivity index is 1.47. The van der Waals surface area contributed by atoms with E-state index in [4.69, 9.17) is 9.15 Å². The van der Waals surface area contributed by atoms with Crippen molar-refractivity contribution in [1.29, 1.82) is 0 Å². The maximum Gasteiger partial charge on any atom is 0.240 e. The first-order chi connectivity index (χ1) is 14.8. The Bertz CT molecular complexity index is 1120. The van der Waals surface area contributed by atoms with Crippen molar-refractivity contribution in [3.05, 3.63) is 83.3 Å². The van der Waals surface area contributed by atoms with E-state index in [0.717, 1.165) is 16.9 Å². The fourth-order valence-corrected chi connectivity index (χ4v) is 4.36. The fourth-order valence-electron chi connectivity index (χ4n) is 3.00. The predicted molar refractivity (Wildman–Crippen MR) is 118 cm³/mol. The number of benzene rings is 2. The molecular weight excluding hydrogens is 416 g/mol. The standard InChI is InChI=1S/C23H26N2O5S/c1-17-8-9-18(2)22(13-17)31(27,28)24-11-10-23(26)25-20-6-3-5-19(14-20)15-29-16-21-7-4-12-30-21/h3-9,12-14,24H,10-11,15-16H2,1-2H3,(H,25,26). The first-order valence-corrected chi connectivity index (χ1v) is 11.4. The van der Waals surface area contributed by atoms with Gasteiger partial charge in [0.15, 0.2) is 0 Å². The van der Waals surface area contributed by atoms with Crippen LogP contribution in [-0.4, -0.2) is 20.9 Å². The summed E-state index contributed by atoms with van der Waals surface area (Å²) in [6, 6.07) is 16.2. The van der Waals surface area contributed by atoms with Gasteiger partial charge >= 0.3 is 0 Å². The number of furan rings is 1. The van der Waals surface area contributed by atoms with Crippen molar-refractivity contribution in [2.45, 2.75) is 38.4 Å². The second-order valence-corrected chi connectivity index (χ2v) is 8.97. The summed E-state index contributed by atoms with van der Waals surface area (Å²) in [6.07, 6.45) is 1.61. The van der Waals surface area contributed by atoms with Crippen molar-refractivity contribution in [1.82, 2.24) is 4.72 Å². The molecule has 1 aromatic heterocycles. The monoisotopic (exact) mass is 442 g/mol. The van der Waals surface area contributed by atoms with Gasteiger partial charge in [0.05, 0.1) is 17.8 Å². The van der Waals surface area contributed by atoms with Crippen molar-refractivity contribution in [3.8, 4) is 0 Å². The lowest BCUT2D eigenvalue weighted by molar-refractivity contribution is -0.116. The molecule has 2 aromatic carbocycles. The fraction of sp³-hybridized carbons (Fsp3) is 0.261. The summed E-state index contributed by atoms with van der Waals surface area (Å²) >= 11 is 0. The zero-order chi connectivity index (χ0) is 22.3. The number of hydrogen-bond acceptors (Lipinski definition) is 5. The van der Waals surface area contributed by atoms with Crippen LogP contribution in [0.2, 0.25) is 0 Å². The lowest BCUT2D eigenvalue weighted by Crippen LogP contribution is -2.28. The minimum Gasteiger partial charge on any atom is -0.467 e.